The van der Waals surface area contributed by atoms with Gasteiger partial charge in [-0.3, -0.25) is 4.79 Å². The molecule has 2 aromatic rings. The predicted octanol–water partition coefficient (Wildman–Crippen LogP) is 2.40. The Balaban J connectivity index is 1.59. The van der Waals surface area contributed by atoms with Gasteiger partial charge in [0.1, 0.15) is 0 Å². The van der Waals surface area contributed by atoms with Crippen molar-refractivity contribution in [1.82, 2.24) is 14.9 Å². The van der Waals surface area contributed by atoms with E-state index in [2.05, 4.69) is 10.3 Å². The lowest BCUT2D eigenvalue weighted by Crippen LogP contribution is -2.28. The van der Waals surface area contributed by atoms with Crippen molar-refractivity contribution in [3.8, 4) is 0 Å². The third-order valence-corrected chi connectivity index (χ3v) is 3.89. The van der Waals surface area contributed by atoms with Crippen LogP contribution in [0.25, 0.3) is 0 Å². The van der Waals surface area contributed by atoms with Crippen molar-refractivity contribution < 1.29 is 4.79 Å². The standard InChI is InChI=1S/C16H19N3O/c1-11(12-6-4-3-5-7-12)18-16(20)14-8-13(14)15-9-19(2)10-17-15/h3-7,9-11,13-14H,8H2,1-2H3,(H,18,20)/t11?,13-,14?/m1/s1. The van der Waals surface area contributed by atoms with Gasteiger partial charge in [0.05, 0.1) is 18.1 Å². The van der Waals surface area contributed by atoms with Gasteiger partial charge in [0.25, 0.3) is 0 Å². The van der Waals surface area contributed by atoms with Gasteiger partial charge in [-0.25, -0.2) is 4.98 Å². The van der Waals surface area contributed by atoms with Crippen LogP contribution in [0.3, 0.4) is 0 Å². The third kappa shape index (κ3) is 2.59. The van der Waals surface area contributed by atoms with Crippen LogP contribution in [0.1, 0.15) is 36.6 Å². The molecule has 4 heteroatoms. The maximum absolute atomic E-state index is 12.2. The van der Waals surface area contributed by atoms with Crippen LogP contribution in [0.5, 0.6) is 0 Å². The molecule has 0 bridgehead atoms. The highest BCUT2D eigenvalue weighted by Crippen LogP contribution is 2.47. The number of hydrogen-bond acceptors (Lipinski definition) is 2. The molecule has 1 amide bonds. The monoisotopic (exact) mass is 269 g/mol. The number of rotatable bonds is 4. The lowest BCUT2D eigenvalue weighted by molar-refractivity contribution is -0.123. The van der Waals surface area contributed by atoms with Gasteiger partial charge in [-0.1, -0.05) is 30.3 Å². The van der Waals surface area contributed by atoms with Crippen molar-refractivity contribution in [3.63, 3.8) is 0 Å². The highest BCUT2D eigenvalue weighted by Gasteiger charge is 2.45. The smallest absolute Gasteiger partial charge is 0.224 e. The minimum absolute atomic E-state index is 0.0497. The summed E-state index contributed by atoms with van der Waals surface area (Å²) in [5.41, 5.74) is 2.16. The van der Waals surface area contributed by atoms with E-state index in [1.165, 1.54) is 0 Å². The van der Waals surface area contributed by atoms with E-state index in [4.69, 9.17) is 0 Å². The second kappa shape index (κ2) is 5.12. The first-order chi connectivity index (χ1) is 9.65. The molecule has 2 unspecified atom stereocenters. The number of benzene rings is 1. The number of imidazole rings is 1. The summed E-state index contributed by atoms with van der Waals surface area (Å²) in [6.07, 6.45) is 4.69. The molecule has 1 saturated carbocycles. The predicted molar refractivity (Wildman–Crippen MR) is 77.1 cm³/mol. The summed E-state index contributed by atoms with van der Waals surface area (Å²) >= 11 is 0. The van der Waals surface area contributed by atoms with Crippen LogP contribution in [0.15, 0.2) is 42.9 Å². The van der Waals surface area contributed by atoms with E-state index in [0.717, 1.165) is 17.7 Å². The van der Waals surface area contributed by atoms with Gasteiger partial charge in [-0.2, -0.15) is 0 Å². The van der Waals surface area contributed by atoms with E-state index < -0.39 is 0 Å². The Morgan fingerprint density at radius 3 is 2.80 bits per heavy atom. The molecule has 0 spiro atoms. The number of carbonyl (C=O) groups excluding carboxylic acids is 1. The summed E-state index contributed by atoms with van der Waals surface area (Å²) < 4.78 is 1.93. The van der Waals surface area contributed by atoms with Crippen LogP contribution >= 0.6 is 0 Å². The molecule has 104 valence electrons. The van der Waals surface area contributed by atoms with E-state index in [1.807, 2.05) is 55.1 Å². The van der Waals surface area contributed by atoms with E-state index in [9.17, 15) is 4.79 Å². The fourth-order valence-corrected chi connectivity index (χ4v) is 2.58. The summed E-state index contributed by atoms with van der Waals surface area (Å²) in [5, 5.41) is 3.09. The zero-order valence-corrected chi connectivity index (χ0v) is 11.8. The van der Waals surface area contributed by atoms with Gasteiger partial charge in [0.2, 0.25) is 5.91 Å². The number of aryl methyl sites for hydroxylation is 1. The molecule has 3 rings (SSSR count). The van der Waals surface area contributed by atoms with Crippen LogP contribution in [-0.2, 0) is 11.8 Å². The largest absolute Gasteiger partial charge is 0.349 e. The van der Waals surface area contributed by atoms with Crippen molar-refractivity contribution in [3.05, 3.63) is 54.1 Å². The average Bonchev–Trinajstić information content (AvgIpc) is 3.15. The quantitative estimate of drug-likeness (QED) is 0.926. The Morgan fingerprint density at radius 1 is 1.40 bits per heavy atom. The first-order valence-electron chi connectivity index (χ1n) is 6.98. The molecular weight excluding hydrogens is 250 g/mol. The molecular formula is C16H19N3O. The fraction of sp³-hybridized carbons (Fsp3) is 0.375. The Labute approximate surface area is 118 Å². The summed E-state index contributed by atoms with van der Waals surface area (Å²) in [6, 6.07) is 10.1. The molecule has 1 aromatic carbocycles. The number of carbonyl (C=O) groups is 1. The lowest BCUT2D eigenvalue weighted by atomic mass is 10.1. The van der Waals surface area contributed by atoms with Gasteiger partial charge in [0.15, 0.2) is 0 Å². The van der Waals surface area contributed by atoms with Crippen molar-refractivity contribution in [2.75, 3.05) is 0 Å². The number of nitrogens with one attached hydrogen (secondary N) is 1. The molecule has 0 aliphatic heterocycles. The Hall–Kier alpha value is -2.10. The van der Waals surface area contributed by atoms with Gasteiger partial charge in [0, 0.05) is 25.1 Å². The number of hydrogen-bond donors (Lipinski definition) is 1. The number of nitrogens with zero attached hydrogens (tertiary/aromatic N) is 2. The second-order valence-corrected chi connectivity index (χ2v) is 5.55. The van der Waals surface area contributed by atoms with Crippen molar-refractivity contribution in [2.45, 2.75) is 25.3 Å². The van der Waals surface area contributed by atoms with Gasteiger partial charge >= 0.3 is 0 Å². The summed E-state index contributed by atoms with van der Waals surface area (Å²) in [7, 11) is 1.95. The van der Waals surface area contributed by atoms with E-state index in [0.29, 0.717) is 5.92 Å². The van der Waals surface area contributed by atoms with Gasteiger partial charge < -0.3 is 9.88 Å². The van der Waals surface area contributed by atoms with Gasteiger partial charge in [-0.15, -0.1) is 0 Å². The average molecular weight is 269 g/mol. The van der Waals surface area contributed by atoms with Crippen LogP contribution in [-0.4, -0.2) is 15.5 Å². The first kappa shape index (κ1) is 12.9. The van der Waals surface area contributed by atoms with E-state index >= 15 is 0 Å². The molecule has 1 N–H and O–H groups in total. The minimum atomic E-state index is 0.0497. The van der Waals surface area contributed by atoms with Gasteiger partial charge in [-0.05, 0) is 18.9 Å². The maximum atomic E-state index is 12.2. The van der Waals surface area contributed by atoms with E-state index in [-0.39, 0.29) is 17.9 Å². The topological polar surface area (TPSA) is 46.9 Å². The Morgan fingerprint density at radius 2 is 2.15 bits per heavy atom. The molecule has 0 radical (unpaired) electrons. The van der Waals surface area contributed by atoms with Crippen molar-refractivity contribution in [1.29, 1.82) is 0 Å². The molecule has 1 fully saturated rings. The maximum Gasteiger partial charge on any atom is 0.224 e. The first-order valence-corrected chi connectivity index (χ1v) is 6.98. The minimum Gasteiger partial charge on any atom is -0.349 e. The molecule has 4 nitrogen and oxygen atoms in total. The summed E-state index contributed by atoms with van der Waals surface area (Å²) in [6.45, 7) is 2.02. The van der Waals surface area contributed by atoms with Crippen LogP contribution in [0.2, 0.25) is 0 Å². The molecule has 0 saturated heterocycles. The molecule has 1 aromatic heterocycles. The molecule has 3 atom stereocenters. The highest BCUT2D eigenvalue weighted by molar-refractivity contribution is 5.83. The van der Waals surface area contributed by atoms with Crippen LogP contribution in [0, 0.1) is 5.92 Å². The SMILES string of the molecule is CC(NC(=O)C1C[C@H]1c1cn(C)cn1)c1ccccc1. The summed E-state index contributed by atoms with van der Waals surface area (Å²) in [5.74, 6) is 0.507. The molecule has 1 heterocycles. The fourth-order valence-electron chi connectivity index (χ4n) is 2.58. The molecule has 20 heavy (non-hydrogen) atoms. The third-order valence-electron chi connectivity index (χ3n) is 3.89. The van der Waals surface area contributed by atoms with E-state index in [1.54, 1.807) is 6.33 Å². The number of amides is 1. The zero-order valence-electron chi connectivity index (χ0n) is 11.8. The van der Waals surface area contributed by atoms with Crippen molar-refractivity contribution >= 4 is 5.91 Å². The lowest BCUT2D eigenvalue weighted by Gasteiger charge is -2.14. The van der Waals surface area contributed by atoms with Crippen LogP contribution in [0.4, 0.5) is 0 Å². The van der Waals surface area contributed by atoms with Crippen molar-refractivity contribution in [2.24, 2.45) is 13.0 Å². The molecule has 1 aliphatic rings. The normalized spacial score (nSPS) is 22.3. The number of aromatic nitrogens is 2. The molecule has 1 aliphatic carbocycles. The summed E-state index contributed by atoms with van der Waals surface area (Å²) in [4.78, 5) is 16.6. The Kier molecular flexibility index (Phi) is 3.30. The zero-order chi connectivity index (χ0) is 14.1. The highest BCUT2D eigenvalue weighted by atomic mass is 16.2. The second-order valence-electron chi connectivity index (χ2n) is 5.55. The Bertz CT molecular complexity index is 605. The van der Waals surface area contributed by atoms with Crippen LogP contribution < -0.4 is 5.32 Å².